The summed E-state index contributed by atoms with van der Waals surface area (Å²) >= 11 is 0. The quantitative estimate of drug-likeness (QED) is 0.879. The average molecular weight is 271 g/mol. The first-order valence-corrected chi connectivity index (χ1v) is 5.46. The van der Waals surface area contributed by atoms with Gasteiger partial charge in [0.25, 0.3) is 0 Å². The smallest absolute Gasteiger partial charge is 0.416 e. The Hall–Kier alpha value is -1.59. The molecular weight excluding hydrogens is 256 g/mol. The summed E-state index contributed by atoms with van der Waals surface area (Å²) in [6.45, 7) is 0.506. The fourth-order valence-corrected chi connectivity index (χ4v) is 1.68. The summed E-state index contributed by atoms with van der Waals surface area (Å²) in [6, 6.07) is 8.74. The monoisotopic (exact) mass is 270 g/mol. The Morgan fingerprint density at radius 1 is 1.39 bits per heavy atom. The molecule has 5 nitrogen and oxygen atoms in total. The van der Waals surface area contributed by atoms with Gasteiger partial charge in [-0.15, -0.1) is 12.4 Å². The number of imide groups is 1. The van der Waals surface area contributed by atoms with Crippen molar-refractivity contribution in [1.29, 1.82) is 0 Å². The Kier molecular flexibility index (Phi) is 5.12. The molecule has 1 saturated heterocycles. The van der Waals surface area contributed by atoms with Gasteiger partial charge in [0.1, 0.15) is 6.61 Å². The SMILES string of the molecule is Cl.NC1CCN(C(=O)OCc2ccccc2)C1=O. The normalized spacial score (nSPS) is 18.4. The largest absolute Gasteiger partial charge is 0.444 e. The van der Waals surface area contributed by atoms with E-state index in [1.807, 2.05) is 30.3 Å². The van der Waals surface area contributed by atoms with Gasteiger partial charge in [0.05, 0.1) is 6.04 Å². The Labute approximate surface area is 111 Å². The molecule has 98 valence electrons. The van der Waals surface area contributed by atoms with Gasteiger partial charge >= 0.3 is 6.09 Å². The summed E-state index contributed by atoms with van der Waals surface area (Å²) in [4.78, 5) is 24.1. The summed E-state index contributed by atoms with van der Waals surface area (Å²) in [5, 5.41) is 0. The minimum absolute atomic E-state index is 0. The Bertz CT molecular complexity index is 425. The number of ether oxygens (including phenoxy) is 1. The zero-order chi connectivity index (χ0) is 12.3. The molecule has 0 bridgehead atoms. The fourth-order valence-electron chi connectivity index (χ4n) is 1.68. The zero-order valence-electron chi connectivity index (χ0n) is 9.74. The second-order valence-electron chi connectivity index (χ2n) is 3.93. The lowest BCUT2D eigenvalue weighted by Gasteiger charge is -2.13. The fraction of sp³-hybridized carbons (Fsp3) is 0.333. The van der Waals surface area contributed by atoms with Gasteiger partial charge in [0, 0.05) is 6.54 Å². The first kappa shape index (κ1) is 14.5. The zero-order valence-corrected chi connectivity index (χ0v) is 10.6. The molecule has 1 aliphatic heterocycles. The van der Waals surface area contributed by atoms with Crippen LogP contribution in [0.3, 0.4) is 0 Å². The van der Waals surface area contributed by atoms with E-state index in [0.717, 1.165) is 10.5 Å². The van der Waals surface area contributed by atoms with E-state index >= 15 is 0 Å². The molecule has 1 aliphatic rings. The molecule has 0 spiro atoms. The number of hydrogen-bond donors (Lipinski definition) is 1. The van der Waals surface area contributed by atoms with Gasteiger partial charge in [-0.05, 0) is 12.0 Å². The van der Waals surface area contributed by atoms with Crippen molar-refractivity contribution in [2.75, 3.05) is 6.54 Å². The van der Waals surface area contributed by atoms with E-state index in [9.17, 15) is 9.59 Å². The molecular formula is C12H15ClN2O3. The lowest BCUT2D eigenvalue weighted by atomic mass is 10.2. The van der Waals surface area contributed by atoms with Gasteiger partial charge in [-0.2, -0.15) is 0 Å². The highest BCUT2D eigenvalue weighted by Crippen LogP contribution is 2.11. The van der Waals surface area contributed by atoms with Crippen LogP contribution in [0, 0.1) is 0 Å². The molecule has 1 unspecified atom stereocenters. The van der Waals surface area contributed by atoms with Crippen molar-refractivity contribution in [3.05, 3.63) is 35.9 Å². The van der Waals surface area contributed by atoms with Crippen LogP contribution in [-0.4, -0.2) is 29.5 Å². The number of amides is 2. The highest BCUT2D eigenvalue weighted by Gasteiger charge is 2.34. The summed E-state index contributed by atoms with van der Waals surface area (Å²) in [7, 11) is 0. The second kappa shape index (κ2) is 6.37. The molecule has 0 aromatic heterocycles. The third-order valence-corrected chi connectivity index (χ3v) is 2.67. The van der Waals surface area contributed by atoms with Crippen molar-refractivity contribution in [1.82, 2.24) is 4.90 Å². The maximum absolute atomic E-state index is 11.6. The van der Waals surface area contributed by atoms with Crippen molar-refractivity contribution >= 4 is 24.4 Å². The van der Waals surface area contributed by atoms with E-state index in [-0.39, 0.29) is 24.9 Å². The minimum Gasteiger partial charge on any atom is -0.444 e. The number of benzene rings is 1. The van der Waals surface area contributed by atoms with Gasteiger partial charge in [0.15, 0.2) is 0 Å². The van der Waals surface area contributed by atoms with E-state index in [0.29, 0.717) is 13.0 Å². The third kappa shape index (κ3) is 3.21. The molecule has 0 radical (unpaired) electrons. The molecule has 1 fully saturated rings. The number of halogens is 1. The first-order valence-electron chi connectivity index (χ1n) is 5.46. The Morgan fingerprint density at radius 3 is 2.61 bits per heavy atom. The molecule has 1 aromatic carbocycles. The van der Waals surface area contributed by atoms with Crippen LogP contribution in [0.1, 0.15) is 12.0 Å². The van der Waals surface area contributed by atoms with Gasteiger partial charge in [-0.1, -0.05) is 30.3 Å². The molecule has 0 saturated carbocycles. The summed E-state index contributed by atoms with van der Waals surface area (Å²) in [6.07, 6.45) is -0.119. The van der Waals surface area contributed by atoms with Gasteiger partial charge < -0.3 is 10.5 Å². The van der Waals surface area contributed by atoms with Crippen LogP contribution in [-0.2, 0) is 16.1 Å². The molecule has 1 heterocycles. The van der Waals surface area contributed by atoms with Gasteiger partial charge in [0.2, 0.25) is 5.91 Å². The van der Waals surface area contributed by atoms with Crippen LogP contribution < -0.4 is 5.73 Å². The third-order valence-electron chi connectivity index (χ3n) is 2.67. The predicted molar refractivity (Wildman–Crippen MR) is 68.2 cm³/mol. The number of nitrogens with zero attached hydrogens (tertiary/aromatic N) is 1. The number of hydrogen-bond acceptors (Lipinski definition) is 4. The molecule has 0 aliphatic carbocycles. The van der Waals surface area contributed by atoms with E-state index in [2.05, 4.69) is 0 Å². The van der Waals surface area contributed by atoms with Crippen LogP contribution in [0.25, 0.3) is 0 Å². The van der Waals surface area contributed by atoms with E-state index in [4.69, 9.17) is 10.5 Å². The molecule has 6 heteroatoms. The number of carbonyl (C=O) groups excluding carboxylic acids is 2. The lowest BCUT2D eigenvalue weighted by Crippen LogP contribution is -2.38. The molecule has 2 rings (SSSR count). The van der Waals surface area contributed by atoms with Crippen molar-refractivity contribution in [2.45, 2.75) is 19.1 Å². The predicted octanol–water partition coefficient (Wildman–Crippen LogP) is 1.30. The summed E-state index contributed by atoms with van der Waals surface area (Å²) < 4.78 is 5.04. The van der Waals surface area contributed by atoms with Crippen LogP contribution >= 0.6 is 12.4 Å². The van der Waals surface area contributed by atoms with Crippen LogP contribution in [0.15, 0.2) is 30.3 Å². The van der Waals surface area contributed by atoms with E-state index in [1.54, 1.807) is 0 Å². The lowest BCUT2D eigenvalue weighted by molar-refractivity contribution is -0.127. The van der Waals surface area contributed by atoms with E-state index in [1.165, 1.54) is 0 Å². The van der Waals surface area contributed by atoms with Crippen LogP contribution in [0.5, 0.6) is 0 Å². The van der Waals surface area contributed by atoms with E-state index < -0.39 is 12.1 Å². The van der Waals surface area contributed by atoms with Crippen molar-refractivity contribution < 1.29 is 14.3 Å². The van der Waals surface area contributed by atoms with Crippen LogP contribution in [0.2, 0.25) is 0 Å². The Balaban J connectivity index is 0.00000162. The number of likely N-dealkylation sites (tertiary alicyclic amines) is 1. The number of rotatable bonds is 2. The van der Waals surface area contributed by atoms with Crippen molar-refractivity contribution in [2.24, 2.45) is 5.73 Å². The van der Waals surface area contributed by atoms with Crippen molar-refractivity contribution in [3.8, 4) is 0 Å². The number of nitrogens with two attached hydrogens (primary N) is 1. The molecule has 2 N–H and O–H groups in total. The van der Waals surface area contributed by atoms with Crippen molar-refractivity contribution in [3.63, 3.8) is 0 Å². The summed E-state index contributed by atoms with van der Waals surface area (Å²) in [5.41, 5.74) is 6.40. The molecule has 1 atom stereocenters. The maximum Gasteiger partial charge on any atom is 0.416 e. The number of carbonyl (C=O) groups is 2. The minimum atomic E-state index is -0.619. The molecule has 2 amide bonds. The van der Waals surface area contributed by atoms with Gasteiger partial charge in [-0.25, -0.2) is 9.69 Å². The maximum atomic E-state index is 11.6. The topological polar surface area (TPSA) is 72.6 Å². The Morgan fingerprint density at radius 2 is 2.06 bits per heavy atom. The van der Waals surface area contributed by atoms with Crippen LogP contribution in [0.4, 0.5) is 4.79 Å². The van der Waals surface area contributed by atoms with Gasteiger partial charge in [-0.3, -0.25) is 4.79 Å². The average Bonchev–Trinajstić information content (AvgIpc) is 2.69. The first-order chi connectivity index (χ1) is 8.18. The highest BCUT2D eigenvalue weighted by atomic mass is 35.5. The summed E-state index contributed by atoms with van der Waals surface area (Å²) in [5.74, 6) is -0.358. The molecule has 18 heavy (non-hydrogen) atoms. The standard InChI is InChI=1S/C12H14N2O3.ClH/c13-10-6-7-14(11(10)15)12(16)17-8-9-4-2-1-3-5-9;/h1-5,10H,6-8,13H2;1H. The highest BCUT2D eigenvalue weighted by molar-refractivity contribution is 5.96. The molecule has 1 aromatic rings. The second-order valence-corrected chi connectivity index (χ2v) is 3.93.